The van der Waals surface area contributed by atoms with Crippen LogP contribution >= 0.6 is 0 Å². The fourth-order valence-electron chi connectivity index (χ4n) is 3.05. The van der Waals surface area contributed by atoms with Gasteiger partial charge in [0.2, 0.25) is 0 Å². The molecule has 0 aromatic rings. The minimum Gasteiger partial charge on any atom is -0.375 e. The summed E-state index contributed by atoms with van der Waals surface area (Å²) in [5.74, 6) is 1.83. The van der Waals surface area contributed by atoms with Crippen LogP contribution in [0.5, 0.6) is 0 Å². The first-order valence-corrected chi connectivity index (χ1v) is 6.86. The maximum Gasteiger partial charge on any atom is 0.0641 e. The first-order chi connectivity index (χ1) is 7.46. The van der Waals surface area contributed by atoms with Crippen molar-refractivity contribution in [2.24, 2.45) is 11.8 Å². The highest BCUT2D eigenvalue weighted by Gasteiger charge is 2.35. The lowest BCUT2D eigenvalue weighted by Gasteiger charge is -2.43. The standard InChI is InChI=1S/C14H27NO/c1-10(2)11-7-13(8-11)15-12-5-6-16-14(3,4)9-12/h10-13,15H,5-9H2,1-4H3. The van der Waals surface area contributed by atoms with Crippen LogP contribution in [-0.2, 0) is 4.74 Å². The predicted octanol–water partition coefficient (Wildman–Crippen LogP) is 2.97. The third kappa shape index (κ3) is 2.98. The zero-order valence-electron chi connectivity index (χ0n) is 11.3. The van der Waals surface area contributed by atoms with Gasteiger partial charge in [0.25, 0.3) is 0 Å². The number of ether oxygens (including phenoxy) is 1. The van der Waals surface area contributed by atoms with E-state index in [1.165, 1.54) is 19.3 Å². The van der Waals surface area contributed by atoms with E-state index in [0.29, 0.717) is 6.04 Å². The molecule has 1 unspecified atom stereocenters. The van der Waals surface area contributed by atoms with Gasteiger partial charge < -0.3 is 10.1 Å². The average Bonchev–Trinajstić information content (AvgIpc) is 2.08. The van der Waals surface area contributed by atoms with Crippen molar-refractivity contribution in [2.45, 2.75) is 71.1 Å². The molecular weight excluding hydrogens is 198 g/mol. The van der Waals surface area contributed by atoms with Crippen LogP contribution in [0.3, 0.4) is 0 Å². The molecule has 1 atom stereocenters. The van der Waals surface area contributed by atoms with Crippen LogP contribution in [0.1, 0.15) is 53.4 Å². The summed E-state index contributed by atoms with van der Waals surface area (Å²) >= 11 is 0. The van der Waals surface area contributed by atoms with Gasteiger partial charge in [0.05, 0.1) is 5.60 Å². The lowest BCUT2D eigenvalue weighted by Crippen LogP contribution is -2.51. The molecule has 0 spiro atoms. The van der Waals surface area contributed by atoms with E-state index in [2.05, 4.69) is 33.0 Å². The summed E-state index contributed by atoms with van der Waals surface area (Å²) in [7, 11) is 0. The second-order valence-corrected chi connectivity index (χ2v) is 6.64. The molecule has 94 valence electrons. The lowest BCUT2D eigenvalue weighted by atomic mass is 9.73. The van der Waals surface area contributed by atoms with E-state index in [-0.39, 0.29) is 5.60 Å². The van der Waals surface area contributed by atoms with Crippen molar-refractivity contribution in [3.05, 3.63) is 0 Å². The Hall–Kier alpha value is -0.0800. The van der Waals surface area contributed by atoms with Gasteiger partial charge in [-0.25, -0.2) is 0 Å². The van der Waals surface area contributed by atoms with E-state index >= 15 is 0 Å². The molecule has 0 radical (unpaired) electrons. The monoisotopic (exact) mass is 225 g/mol. The maximum absolute atomic E-state index is 5.75. The third-order valence-electron chi connectivity index (χ3n) is 4.29. The highest BCUT2D eigenvalue weighted by molar-refractivity contribution is 4.91. The van der Waals surface area contributed by atoms with Gasteiger partial charge in [-0.2, -0.15) is 0 Å². The minimum atomic E-state index is 0.0805. The summed E-state index contributed by atoms with van der Waals surface area (Å²) in [6.07, 6.45) is 5.12. The third-order valence-corrected chi connectivity index (χ3v) is 4.29. The molecule has 1 heterocycles. The zero-order chi connectivity index (χ0) is 11.8. The Kier molecular flexibility index (Phi) is 3.60. The number of rotatable bonds is 3. The molecule has 1 saturated carbocycles. The second kappa shape index (κ2) is 4.66. The molecule has 16 heavy (non-hydrogen) atoms. The van der Waals surface area contributed by atoms with Gasteiger partial charge in [0.1, 0.15) is 0 Å². The molecule has 0 aromatic heterocycles. The number of hydrogen-bond donors (Lipinski definition) is 1. The minimum absolute atomic E-state index is 0.0805. The van der Waals surface area contributed by atoms with Crippen molar-refractivity contribution in [1.29, 1.82) is 0 Å². The summed E-state index contributed by atoms with van der Waals surface area (Å²) in [6.45, 7) is 10.0. The SMILES string of the molecule is CC(C)C1CC(NC2CCOC(C)(C)C2)C1. The molecule has 2 rings (SSSR count). The molecule has 2 aliphatic rings. The van der Waals surface area contributed by atoms with Gasteiger partial charge in [-0.1, -0.05) is 13.8 Å². The van der Waals surface area contributed by atoms with Crippen molar-refractivity contribution in [1.82, 2.24) is 5.32 Å². The maximum atomic E-state index is 5.75. The summed E-state index contributed by atoms with van der Waals surface area (Å²) in [6, 6.07) is 1.47. The summed E-state index contributed by atoms with van der Waals surface area (Å²) in [5, 5.41) is 3.82. The molecule has 2 fully saturated rings. The van der Waals surface area contributed by atoms with Crippen molar-refractivity contribution < 1.29 is 4.74 Å². The van der Waals surface area contributed by atoms with Crippen LogP contribution in [0.15, 0.2) is 0 Å². The van der Waals surface area contributed by atoms with Gasteiger partial charge in [0.15, 0.2) is 0 Å². The Labute approximate surface area is 100 Å². The normalized spacial score (nSPS) is 38.4. The van der Waals surface area contributed by atoms with Crippen LogP contribution in [0.25, 0.3) is 0 Å². The number of nitrogens with one attached hydrogen (secondary N) is 1. The topological polar surface area (TPSA) is 21.3 Å². The van der Waals surface area contributed by atoms with Crippen molar-refractivity contribution in [3.8, 4) is 0 Å². The first-order valence-electron chi connectivity index (χ1n) is 6.86. The van der Waals surface area contributed by atoms with Gasteiger partial charge in [-0.3, -0.25) is 0 Å². The molecular formula is C14H27NO. The molecule has 1 aliphatic carbocycles. The summed E-state index contributed by atoms with van der Waals surface area (Å²) < 4.78 is 5.75. The predicted molar refractivity (Wildman–Crippen MR) is 67.5 cm³/mol. The Morgan fingerprint density at radius 3 is 2.44 bits per heavy atom. The van der Waals surface area contributed by atoms with E-state index in [1.807, 2.05) is 0 Å². The van der Waals surface area contributed by atoms with Gasteiger partial charge in [-0.15, -0.1) is 0 Å². The van der Waals surface area contributed by atoms with Gasteiger partial charge in [0, 0.05) is 18.7 Å². The fraction of sp³-hybridized carbons (Fsp3) is 1.00. The second-order valence-electron chi connectivity index (χ2n) is 6.64. The van der Waals surface area contributed by atoms with Gasteiger partial charge in [-0.05, 0) is 51.4 Å². The molecule has 1 aliphatic heterocycles. The molecule has 1 saturated heterocycles. The van der Waals surface area contributed by atoms with Crippen molar-refractivity contribution in [2.75, 3.05) is 6.61 Å². The van der Waals surface area contributed by atoms with E-state index in [1.54, 1.807) is 0 Å². The van der Waals surface area contributed by atoms with Crippen molar-refractivity contribution in [3.63, 3.8) is 0 Å². The zero-order valence-corrected chi connectivity index (χ0v) is 11.3. The first kappa shape index (κ1) is 12.4. The molecule has 0 bridgehead atoms. The highest BCUT2D eigenvalue weighted by atomic mass is 16.5. The Morgan fingerprint density at radius 2 is 1.88 bits per heavy atom. The van der Waals surface area contributed by atoms with Crippen molar-refractivity contribution >= 4 is 0 Å². The van der Waals surface area contributed by atoms with E-state index < -0.39 is 0 Å². The molecule has 2 heteroatoms. The smallest absolute Gasteiger partial charge is 0.0641 e. The van der Waals surface area contributed by atoms with Crippen LogP contribution < -0.4 is 5.32 Å². The average molecular weight is 225 g/mol. The highest BCUT2D eigenvalue weighted by Crippen LogP contribution is 2.35. The van der Waals surface area contributed by atoms with Crippen LogP contribution in [0, 0.1) is 11.8 Å². The Balaban J connectivity index is 1.71. The van der Waals surface area contributed by atoms with E-state index in [0.717, 1.165) is 30.9 Å². The lowest BCUT2D eigenvalue weighted by molar-refractivity contribution is -0.0665. The van der Waals surface area contributed by atoms with E-state index in [9.17, 15) is 0 Å². The molecule has 0 amide bonds. The largest absolute Gasteiger partial charge is 0.375 e. The molecule has 2 nitrogen and oxygen atoms in total. The van der Waals surface area contributed by atoms with Gasteiger partial charge >= 0.3 is 0 Å². The molecule has 0 aromatic carbocycles. The van der Waals surface area contributed by atoms with Crippen LogP contribution in [0.2, 0.25) is 0 Å². The van der Waals surface area contributed by atoms with E-state index in [4.69, 9.17) is 4.74 Å². The molecule has 1 N–H and O–H groups in total. The Morgan fingerprint density at radius 1 is 1.19 bits per heavy atom. The van der Waals surface area contributed by atoms with Crippen LogP contribution in [0.4, 0.5) is 0 Å². The Bertz CT molecular complexity index is 231. The number of hydrogen-bond acceptors (Lipinski definition) is 2. The summed E-state index contributed by atoms with van der Waals surface area (Å²) in [5.41, 5.74) is 0.0805. The fourth-order valence-corrected chi connectivity index (χ4v) is 3.05. The quantitative estimate of drug-likeness (QED) is 0.797. The van der Waals surface area contributed by atoms with Crippen LogP contribution in [-0.4, -0.2) is 24.3 Å². The summed E-state index contributed by atoms with van der Waals surface area (Å²) in [4.78, 5) is 0.